The predicted octanol–water partition coefficient (Wildman–Crippen LogP) is 4.37. The highest BCUT2D eigenvalue weighted by Gasteiger charge is 2.30. The van der Waals surface area contributed by atoms with Crippen LogP contribution in [0.1, 0.15) is 11.1 Å². The Kier molecular flexibility index (Phi) is 6.07. The zero-order valence-corrected chi connectivity index (χ0v) is 16.0. The zero-order chi connectivity index (χ0) is 20.3. The van der Waals surface area contributed by atoms with Crippen LogP contribution in [0.25, 0.3) is 11.5 Å². The third kappa shape index (κ3) is 4.73. The Balaban J connectivity index is 1.87. The molecule has 6 nitrogen and oxygen atoms in total. The van der Waals surface area contributed by atoms with E-state index in [0.29, 0.717) is 16.3 Å². The topological polar surface area (TPSA) is 66.5 Å². The standard InChI is InChI=1S/C17H13ClF3N2O4P/c18-13-5-6-14(25-9-26-28)11(7-13)8-23-16(24)27-15(22-23)10-1-3-12(4-2-10)17(19,20)21/h1-7H,8-9,28H2. The Morgan fingerprint density at radius 2 is 1.89 bits per heavy atom. The molecular formula is C17H13ClF3N2O4P. The molecule has 1 atom stereocenters. The first kappa shape index (κ1) is 20.4. The van der Waals surface area contributed by atoms with Crippen LogP contribution in [-0.2, 0) is 17.2 Å². The highest BCUT2D eigenvalue weighted by molar-refractivity contribution is 7.09. The lowest BCUT2D eigenvalue weighted by Crippen LogP contribution is -2.17. The second-order valence-corrected chi connectivity index (χ2v) is 6.36. The first-order chi connectivity index (χ1) is 13.3. The second-order valence-electron chi connectivity index (χ2n) is 5.59. The first-order valence-corrected chi connectivity index (χ1v) is 8.61. The average Bonchev–Trinajstić information content (AvgIpc) is 3.01. The predicted molar refractivity (Wildman–Crippen MR) is 98.0 cm³/mol. The fourth-order valence-electron chi connectivity index (χ4n) is 2.40. The Morgan fingerprint density at radius 1 is 1.18 bits per heavy atom. The molecular weight excluding hydrogens is 420 g/mol. The lowest BCUT2D eigenvalue weighted by molar-refractivity contribution is -0.137. The Labute approximate surface area is 164 Å². The maximum Gasteiger partial charge on any atom is 0.437 e. The van der Waals surface area contributed by atoms with Gasteiger partial charge in [0, 0.05) is 25.6 Å². The molecule has 3 aromatic rings. The van der Waals surface area contributed by atoms with Gasteiger partial charge in [-0.1, -0.05) is 11.6 Å². The molecule has 0 saturated carbocycles. The van der Waals surface area contributed by atoms with E-state index in [-0.39, 0.29) is 24.8 Å². The van der Waals surface area contributed by atoms with Gasteiger partial charge in [0.05, 0.1) is 12.1 Å². The molecule has 0 amide bonds. The smallest absolute Gasteiger partial charge is 0.437 e. The minimum absolute atomic E-state index is 0.0181. The number of aromatic nitrogens is 2. The summed E-state index contributed by atoms with van der Waals surface area (Å²) in [7, 11) is 2.04. The van der Waals surface area contributed by atoms with Gasteiger partial charge in [-0.2, -0.15) is 17.9 Å². The van der Waals surface area contributed by atoms with Crippen LogP contribution in [0.3, 0.4) is 0 Å². The van der Waals surface area contributed by atoms with Crippen LogP contribution in [0.2, 0.25) is 5.02 Å². The molecule has 28 heavy (non-hydrogen) atoms. The van der Waals surface area contributed by atoms with E-state index in [2.05, 4.69) is 5.10 Å². The van der Waals surface area contributed by atoms with E-state index in [0.717, 1.165) is 16.8 Å². The van der Waals surface area contributed by atoms with Crippen LogP contribution in [0.4, 0.5) is 13.2 Å². The van der Waals surface area contributed by atoms with Gasteiger partial charge in [0.15, 0.2) is 6.79 Å². The van der Waals surface area contributed by atoms with Crippen molar-refractivity contribution >= 4 is 21.1 Å². The molecule has 0 saturated heterocycles. The molecule has 0 aliphatic carbocycles. The summed E-state index contributed by atoms with van der Waals surface area (Å²) in [6.07, 6.45) is -4.46. The summed E-state index contributed by atoms with van der Waals surface area (Å²) in [6.45, 7) is -0.0560. The summed E-state index contributed by atoms with van der Waals surface area (Å²) in [5.41, 5.74) is -0.0261. The number of hydrogen-bond donors (Lipinski definition) is 0. The molecule has 3 rings (SSSR count). The van der Waals surface area contributed by atoms with Gasteiger partial charge in [0.25, 0.3) is 0 Å². The lowest BCUT2D eigenvalue weighted by Gasteiger charge is -2.10. The third-order valence-corrected chi connectivity index (χ3v) is 4.06. The molecule has 1 heterocycles. The van der Waals surface area contributed by atoms with Gasteiger partial charge in [0.1, 0.15) is 5.75 Å². The summed E-state index contributed by atoms with van der Waals surface area (Å²) in [4.78, 5) is 12.1. The minimum Gasteiger partial charge on any atom is -0.467 e. The molecule has 0 aliphatic heterocycles. The lowest BCUT2D eigenvalue weighted by atomic mass is 10.1. The van der Waals surface area contributed by atoms with E-state index in [1.165, 1.54) is 12.1 Å². The molecule has 2 aromatic carbocycles. The second kappa shape index (κ2) is 8.34. The quantitative estimate of drug-likeness (QED) is 0.427. The monoisotopic (exact) mass is 432 g/mol. The van der Waals surface area contributed by atoms with E-state index in [4.69, 9.17) is 25.3 Å². The van der Waals surface area contributed by atoms with Gasteiger partial charge in [-0.15, -0.1) is 5.10 Å². The largest absolute Gasteiger partial charge is 0.467 e. The van der Waals surface area contributed by atoms with E-state index in [9.17, 15) is 18.0 Å². The normalized spacial score (nSPS) is 11.6. The maximum absolute atomic E-state index is 12.7. The number of rotatable bonds is 6. The van der Waals surface area contributed by atoms with Crippen LogP contribution in [0.5, 0.6) is 5.75 Å². The molecule has 0 N–H and O–H groups in total. The van der Waals surface area contributed by atoms with Crippen molar-refractivity contribution in [2.24, 2.45) is 0 Å². The van der Waals surface area contributed by atoms with Crippen LogP contribution in [0, 0.1) is 0 Å². The number of benzene rings is 2. The molecule has 1 aromatic heterocycles. The number of halogens is 4. The highest BCUT2D eigenvalue weighted by atomic mass is 35.5. The Hall–Kier alpha value is -2.35. The van der Waals surface area contributed by atoms with Gasteiger partial charge in [-0.3, -0.25) is 0 Å². The summed E-state index contributed by atoms with van der Waals surface area (Å²) >= 11 is 6.00. The van der Waals surface area contributed by atoms with Crippen LogP contribution in [-0.4, -0.2) is 16.6 Å². The summed E-state index contributed by atoms with van der Waals surface area (Å²) in [5.74, 6) is -0.447. The van der Waals surface area contributed by atoms with E-state index < -0.39 is 17.5 Å². The average molecular weight is 433 g/mol. The molecule has 1 unspecified atom stereocenters. The third-order valence-electron chi connectivity index (χ3n) is 3.69. The molecule has 11 heteroatoms. The van der Waals surface area contributed by atoms with Crippen molar-refractivity contribution in [1.82, 2.24) is 9.78 Å². The van der Waals surface area contributed by atoms with Gasteiger partial charge in [-0.25, -0.2) is 4.79 Å². The zero-order valence-electron chi connectivity index (χ0n) is 14.1. The van der Waals surface area contributed by atoms with Crippen LogP contribution >= 0.6 is 21.1 Å². The number of nitrogens with zero attached hydrogens (tertiary/aromatic N) is 2. The fourth-order valence-corrected chi connectivity index (χ4v) is 2.66. The number of ether oxygens (including phenoxy) is 1. The van der Waals surface area contributed by atoms with Crippen molar-refractivity contribution in [3.8, 4) is 17.2 Å². The molecule has 0 bridgehead atoms. The molecule has 0 spiro atoms. The molecule has 148 valence electrons. The number of alkyl halides is 3. The highest BCUT2D eigenvalue weighted by Crippen LogP contribution is 2.30. The van der Waals surface area contributed by atoms with E-state index in [1.807, 2.05) is 9.47 Å². The van der Waals surface area contributed by atoms with Crippen molar-refractivity contribution in [1.29, 1.82) is 0 Å². The minimum atomic E-state index is -4.46. The Morgan fingerprint density at radius 3 is 2.54 bits per heavy atom. The fraction of sp³-hybridized carbons (Fsp3) is 0.176. The van der Waals surface area contributed by atoms with E-state index in [1.54, 1.807) is 18.2 Å². The maximum atomic E-state index is 12.7. The van der Waals surface area contributed by atoms with Crippen molar-refractivity contribution in [3.63, 3.8) is 0 Å². The van der Waals surface area contributed by atoms with Crippen molar-refractivity contribution in [3.05, 3.63) is 69.2 Å². The van der Waals surface area contributed by atoms with Gasteiger partial charge >= 0.3 is 11.9 Å². The summed E-state index contributed by atoms with van der Waals surface area (Å²) < 4.78 is 54.3. The first-order valence-electron chi connectivity index (χ1n) is 7.76. The molecule has 0 fully saturated rings. The van der Waals surface area contributed by atoms with E-state index >= 15 is 0 Å². The summed E-state index contributed by atoms with van der Waals surface area (Å²) in [5, 5.41) is 4.47. The van der Waals surface area contributed by atoms with Crippen molar-refractivity contribution in [2.75, 3.05) is 6.79 Å². The van der Waals surface area contributed by atoms with Crippen LogP contribution < -0.4 is 10.5 Å². The summed E-state index contributed by atoms with van der Waals surface area (Å²) in [6, 6.07) is 8.97. The van der Waals surface area contributed by atoms with Gasteiger partial charge in [-0.05, 0) is 42.5 Å². The SMILES string of the molecule is O=c1oc(-c2ccc(C(F)(F)F)cc2)nn1Cc1cc(Cl)ccc1OCOP. The Bertz CT molecular complexity index is 1020. The van der Waals surface area contributed by atoms with Gasteiger partial charge in [0.2, 0.25) is 5.89 Å². The number of hydrogen-bond acceptors (Lipinski definition) is 5. The molecule has 0 aliphatic rings. The molecule has 0 radical (unpaired) electrons. The van der Waals surface area contributed by atoms with Crippen molar-refractivity contribution < 1.29 is 26.8 Å². The van der Waals surface area contributed by atoms with Crippen LogP contribution in [0.15, 0.2) is 51.7 Å². The van der Waals surface area contributed by atoms with Gasteiger partial charge < -0.3 is 13.7 Å². The van der Waals surface area contributed by atoms with Crippen molar-refractivity contribution in [2.45, 2.75) is 12.7 Å².